The molecule has 0 N–H and O–H groups in total. The van der Waals surface area contributed by atoms with Gasteiger partial charge in [-0.3, -0.25) is 24.1 Å². The van der Waals surface area contributed by atoms with Crippen LogP contribution in [0.4, 0.5) is 11.4 Å². The molecule has 2 aromatic carbocycles. The van der Waals surface area contributed by atoms with Crippen LogP contribution in [0.2, 0.25) is 5.02 Å². The van der Waals surface area contributed by atoms with Crippen LogP contribution in [0.25, 0.3) is 0 Å². The number of imide groups is 1. The third kappa shape index (κ3) is 3.68. The minimum atomic E-state index is -0.600. The quantitative estimate of drug-likeness (QED) is 0.425. The van der Waals surface area contributed by atoms with Crippen LogP contribution in [-0.2, 0) is 19.2 Å². The molecule has 0 unspecified atom stereocenters. The molecule has 3 amide bonds. The Morgan fingerprint density at radius 1 is 1.00 bits per heavy atom. The summed E-state index contributed by atoms with van der Waals surface area (Å²) >= 11 is 6.15. The van der Waals surface area contributed by atoms with Crippen molar-refractivity contribution in [1.82, 2.24) is 0 Å². The van der Waals surface area contributed by atoms with Crippen molar-refractivity contribution in [3.63, 3.8) is 0 Å². The number of ether oxygens (including phenoxy) is 1. The number of hydrogen-bond donors (Lipinski definition) is 0. The van der Waals surface area contributed by atoms with E-state index in [1.807, 2.05) is 6.92 Å². The van der Waals surface area contributed by atoms with Gasteiger partial charge in [-0.05, 0) is 48.9 Å². The number of anilines is 2. The lowest BCUT2D eigenvalue weighted by atomic mass is 10.1. The minimum absolute atomic E-state index is 0.0552. The first-order valence-electron chi connectivity index (χ1n) is 9.58. The largest absolute Gasteiger partial charge is 0.426 e. The van der Waals surface area contributed by atoms with E-state index >= 15 is 0 Å². The van der Waals surface area contributed by atoms with Gasteiger partial charge in [-0.1, -0.05) is 17.7 Å². The van der Waals surface area contributed by atoms with E-state index in [1.165, 1.54) is 12.1 Å². The molecule has 1 atom stereocenters. The summed E-state index contributed by atoms with van der Waals surface area (Å²) in [5.41, 5.74) is 1.91. The van der Waals surface area contributed by atoms with Gasteiger partial charge in [-0.15, -0.1) is 0 Å². The zero-order chi connectivity index (χ0) is 21.4. The van der Waals surface area contributed by atoms with E-state index in [1.54, 1.807) is 35.2 Å². The minimum Gasteiger partial charge on any atom is -0.426 e. The third-order valence-corrected chi connectivity index (χ3v) is 5.76. The van der Waals surface area contributed by atoms with Crippen LogP contribution in [0, 0.1) is 12.8 Å². The van der Waals surface area contributed by atoms with Crippen LogP contribution >= 0.6 is 11.6 Å². The fourth-order valence-corrected chi connectivity index (χ4v) is 3.88. The Bertz CT molecular complexity index is 1030. The maximum absolute atomic E-state index is 12.6. The highest BCUT2D eigenvalue weighted by molar-refractivity contribution is 6.31. The molecule has 0 spiro atoms. The van der Waals surface area contributed by atoms with Crippen LogP contribution in [0.1, 0.15) is 24.8 Å². The number of esters is 1. The summed E-state index contributed by atoms with van der Waals surface area (Å²) in [6, 6.07) is 11.5. The number of amides is 3. The molecule has 8 heteroatoms. The van der Waals surface area contributed by atoms with Gasteiger partial charge in [0.1, 0.15) is 5.75 Å². The number of benzene rings is 2. The first-order valence-corrected chi connectivity index (χ1v) is 9.96. The van der Waals surface area contributed by atoms with Gasteiger partial charge in [0.25, 0.3) is 0 Å². The van der Waals surface area contributed by atoms with Gasteiger partial charge in [-0.2, -0.15) is 0 Å². The van der Waals surface area contributed by atoms with Crippen LogP contribution in [0.5, 0.6) is 5.75 Å². The van der Waals surface area contributed by atoms with Gasteiger partial charge in [0.15, 0.2) is 0 Å². The van der Waals surface area contributed by atoms with Crippen LogP contribution < -0.4 is 14.5 Å². The van der Waals surface area contributed by atoms with Gasteiger partial charge in [0.05, 0.1) is 11.6 Å². The van der Waals surface area contributed by atoms with Gasteiger partial charge in [-0.25, -0.2) is 0 Å². The molecule has 154 valence electrons. The van der Waals surface area contributed by atoms with E-state index in [0.29, 0.717) is 16.4 Å². The maximum Gasteiger partial charge on any atom is 0.316 e. The average Bonchev–Trinajstić information content (AvgIpc) is 3.27. The van der Waals surface area contributed by atoms with Gasteiger partial charge >= 0.3 is 5.97 Å². The molecule has 7 nitrogen and oxygen atoms in total. The lowest BCUT2D eigenvalue weighted by molar-refractivity contribution is -0.139. The molecule has 2 saturated heterocycles. The van der Waals surface area contributed by atoms with Crippen molar-refractivity contribution < 1.29 is 23.9 Å². The van der Waals surface area contributed by atoms with Crippen LogP contribution in [0.15, 0.2) is 42.5 Å². The molecule has 2 heterocycles. The smallest absolute Gasteiger partial charge is 0.316 e. The highest BCUT2D eigenvalue weighted by Crippen LogP contribution is 2.32. The standard InChI is InChI=1S/C22H19ClN2O5/c1-13-17(23)3-2-4-18(13)24-12-14(11-21(24)28)22(29)30-16-7-5-15(6-8-16)25-19(26)9-10-20(25)27/h2-8,14H,9-12H2,1H3/t14-/m1/s1. The molecule has 2 aliphatic rings. The Morgan fingerprint density at radius 3 is 2.33 bits per heavy atom. The summed E-state index contributed by atoms with van der Waals surface area (Å²) in [4.78, 5) is 51.4. The zero-order valence-electron chi connectivity index (χ0n) is 16.3. The third-order valence-electron chi connectivity index (χ3n) is 5.35. The first kappa shape index (κ1) is 20.1. The zero-order valence-corrected chi connectivity index (χ0v) is 17.0. The van der Waals surface area contributed by atoms with Crippen molar-refractivity contribution >= 4 is 46.7 Å². The van der Waals surface area contributed by atoms with Gasteiger partial charge in [0, 0.05) is 36.5 Å². The Hall–Kier alpha value is -3.19. The average molecular weight is 427 g/mol. The summed E-state index contributed by atoms with van der Waals surface area (Å²) in [6.07, 6.45) is 0.460. The molecule has 0 bridgehead atoms. The Morgan fingerprint density at radius 2 is 1.67 bits per heavy atom. The Balaban J connectivity index is 1.43. The van der Waals surface area contributed by atoms with E-state index in [0.717, 1.165) is 10.5 Å². The number of carbonyl (C=O) groups is 4. The molecule has 2 aromatic rings. The number of halogens is 1. The van der Waals surface area contributed by atoms with Crippen molar-refractivity contribution in [2.45, 2.75) is 26.2 Å². The van der Waals surface area contributed by atoms with E-state index in [9.17, 15) is 19.2 Å². The van der Waals surface area contributed by atoms with E-state index < -0.39 is 11.9 Å². The predicted octanol–water partition coefficient (Wildman–Crippen LogP) is 3.26. The number of nitrogens with zero attached hydrogens (tertiary/aromatic N) is 2. The van der Waals surface area contributed by atoms with Gasteiger partial charge < -0.3 is 9.64 Å². The number of hydrogen-bond acceptors (Lipinski definition) is 5. The summed E-state index contributed by atoms with van der Waals surface area (Å²) in [5.74, 6) is -1.48. The van der Waals surface area contributed by atoms with Crippen molar-refractivity contribution in [2.24, 2.45) is 5.92 Å². The summed E-state index contributed by atoms with van der Waals surface area (Å²) in [6.45, 7) is 2.04. The molecule has 0 saturated carbocycles. The van der Waals surface area contributed by atoms with E-state index in [2.05, 4.69) is 0 Å². The van der Waals surface area contributed by atoms with Crippen molar-refractivity contribution in [3.8, 4) is 5.75 Å². The van der Waals surface area contributed by atoms with E-state index in [-0.39, 0.29) is 49.3 Å². The highest BCUT2D eigenvalue weighted by Gasteiger charge is 2.37. The molecule has 30 heavy (non-hydrogen) atoms. The van der Waals surface area contributed by atoms with Crippen molar-refractivity contribution in [3.05, 3.63) is 53.1 Å². The summed E-state index contributed by atoms with van der Waals surface area (Å²) in [5, 5.41) is 0.557. The van der Waals surface area contributed by atoms with E-state index in [4.69, 9.17) is 16.3 Å². The lowest BCUT2D eigenvalue weighted by Gasteiger charge is -2.19. The molecular formula is C22H19ClN2O5. The summed E-state index contributed by atoms with van der Waals surface area (Å²) in [7, 11) is 0. The second-order valence-electron chi connectivity index (χ2n) is 7.33. The second kappa shape index (κ2) is 7.91. The maximum atomic E-state index is 12.6. The number of rotatable bonds is 4. The normalized spacial score (nSPS) is 19.0. The Kier molecular flexibility index (Phi) is 5.30. The van der Waals surface area contributed by atoms with Crippen molar-refractivity contribution in [1.29, 1.82) is 0 Å². The second-order valence-corrected chi connectivity index (χ2v) is 7.73. The van der Waals surface area contributed by atoms with Crippen LogP contribution in [0.3, 0.4) is 0 Å². The number of carbonyl (C=O) groups excluding carboxylic acids is 4. The first-order chi connectivity index (χ1) is 14.3. The molecule has 4 rings (SSSR count). The SMILES string of the molecule is Cc1c(Cl)cccc1N1C[C@H](C(=O)Oc2ccc(N3C(=O)CCC3=O)cc2)CC1=O. The molecule has 0 aromatic heterocycles. The van der Waals surface area contributed by atoms with Gasteiger partial charge in [0.2, 0.25) is 17.7 Å². The van der Waals surface area contributed by atoms with Crippen LogP contribution in [-0.4, -0.2) is 30.2 Å². The molecule has 2 aliphatic heterocycles. The molecular weight excluding hydrogens is 408 g/mol. The van der Waals surface area contributed by atoms with Crippen molar-refractivity contribution in [2.75, 3.05) is 16.3 Å². The molecule has 0 aliphatic carbocycles. The molecule has 2 fully saturated rings. The summed E-state index contributed by atoms with van der Waals surface area (Å²) < 4.78 is 5.42. The topological polar surface area (TPSA) is 84.0 Å². The monoisotopic (exact) mass is 426 g/mol. The fraction of sp³-hybridized carbons (Fsp3) is 0.273. The highest BCUT2D eigenvalue weighted by atomic mass is 35.5. The lowest BCUT2D eigenvalue weighted by Crippen LogP contribution is -2.28. The predicted molar refractivity (Wildman–Crippen MR) is 110 cm³/mol. The molecule has 0 radical (unpaired) electrons. The fourth-order valence-electron chi connectivity index (χ4n) is 3.71. The Labute approximate surface area is 178 Å².